The minimum atomic E-state index is -0.507. The fraction of sp³-hybridized carbons (Fsp3) is 0.0769. The van der Waals surface area contributed by atoms with Gasteiger partial charge < -0.3 is 11.1 Å². The summed E-state index contributed by atoms with van der Waals surface area (Å²) in [6, 6.07) is 10.1. The molecule has 0 atom stereocenters. The van der Waals surface area contributed by atoms with Crippen LogP contribution in [0, 0.1) is 5.82 Å². The smallest absolute Gasteiger partial charge is 0.143 e. The van der Waals surface area contributed by atoms with Gasteiger partial charge >= 0.3 is 0 Å². The van der Waals surface area contributed by atoms with Crippen LogP contribution in [-0.2, 0) is 6.54 Å². The Kier molecular flexibility index (Phi) is 3.94. The van der Waals surface area contributed by atoms with E-state index < -0.39 is 5.82 Å². The first-order valence-corrected chi connectivity index (χ1v) is 6.05. The SMILES string of the molecule is Nc1cc(Cl)c(F)cc1NCc1ccccc1Cl. The summed E-state index contributed by atoms with van der Waals surface area (Å²) in [5.74, 6) is -0.507. The number of nitrogens with two attached hydrogens (primary N) is 1. The Morgan fingerprint density at radius 3 is 2.56 bits per heavy atom. The van der Waals surface area contributed by atoms with Crippen molar-refractivity contribution in [1.82, 2.24) is 0 Å². The quantitative estimate of drug-likeness (QED) is 0.824. The Hall–Kier alpha value is -1.45. The molecule has 0 fully saturated rings. The van der Waals surface area contributed by atoms with E-state index in [4.69, 9.17) is 28.9 Å². The van der Waals surface area contributed by atoms with E-state index in [1.165, 1.54) is 12.1 Å². The average Bonchev–Trinajstić information content (AvgIpc) is 2.34. The van der Waals surface area contributed by atoms with E-state index in [9.17, 15) is 4.39 Å². The van der Waals surface area contributed by atoms with Gasteiger partial charge in [-0.2, -0.15) is 0 Å². The number of hydrogen-bond donors (Lipinski definition) is 2. The van der Waals surface area contributed by atoms with Crippen molar-refractivity contribution in [3.63, 3.8) is 0 Å². The van der Waals surface area contributed by atoms with Gasteiger partial charge in [0.25, 0.3) is 0 Å². The monoisotopic (exact) mass is 284 g/mol. The molecule has 0 amide bonds. The molecule has 0 bridgehead atoms. The Bertz CT molecular complexity index is 573. The van der Waals surface area contributed by atoms with Gasteiger partial charge in [0.05, 0.1) is 16.4 Å². The molecule has 0 aliphatic heterocycles. The van der Waals surface area contributed by atoms with Gasteiger partial charge in [-0.15, -0.1) is 0 Å². The molecular weight excluding hydrogens is 274 g/mol. The van der Waals surface area contributed by atoms with Crippen molar-refractivity contribution in [3.8, 4) is 0 Å². The second-order valence-corrected chi connectivity index (χ2v) is 4.61. The zero-order valence-corrected chi connectivity index (χ0v) is 10.9. The summed E-state index contributed by atoms with van der Waals surface area (Å²) >= 11 is 11.6. The van der Waals surface area contributed by atoms with Crippen molar-refractivity contribution in [2.75, 3.05) is 11.1 Å². The molecular formula is C13H11Cl2FN2. The number of anilines is 2. The summed E-state index contributed by atoms with van der Waals surface area (Å²) in [6.07, 6.45) is 0. The Morgan fingerprint density at radius 2 is 1.83 bits per heavy atom. The highest BCUT2D eigenvalue weighted by atomic mass is 35.5. The molecule has 2 aromatic carbocycles. The number of hydrogen-bond acceptors (Lipinski definition) is 2. The summed E-state index contributed by atoms with van der Waals surface area (Å²) in [5.41, 5.74) is 7.55. The van der Waals surface area contributed by atoms with Crippen LogP contribution in [0.2, 0.25) is 10.0 Å². The molecule has 0 aliphatic carbocycles. The summed E-state index contributed by atoms with van der Waals surface area (Å²) in [7, 11) is 0. The van der Waals surface area contributed by atoms with Gasteiger partial charge in [-0.3, -0.25) is 0 Å². The number of benzene rings is 2. The van der Waals surface area contributed by atoms with E-state index >= 15 is 0 Å². The first-order chi connectivity index (χ1) is 8.58. The Morgan fingerprint density at radius 1 is 1.11 bits per heavy atom. The fourth-order valence-corrected chi connectivity index (χ4v) is 1.92. The number of nitrogens with one attached hydrogen (secondary N) is 1. The van der Waals surface area contributed by atoms with Crippen LogP contribution in [-0.4, -0.2) is 0 Å². The van der Waals surface area contributed by atoms with Crippen molar-refractivity contribution in [3.05, 3.63) is 57.8 Å². The minimum absolute atomic E-state index is 0.00999. The van der Waals surface area contributed by atoms with Gasteiger partial charge in [0.2, 0.25) is 0 Å². The first-order valence-electron chi connectivity index (χ1n) is 5.29. The van der Waals surface area contributed by atoms with Gasteiger partial charge in [0, 0.05) is 17.6 Å². The third-order valence-corrected chi connectivity index (χ3v) is 3.18. The van der Waals surface area contributed by atoms with Crippen LogP contribution in [0.25, 0.3) is 0 Å². The highest BCUT2D eigenvalue weighted by Gasteiger charge is 2.06. The van der Waals surface area contributed by atoms with Gasteiger partial charge in [-0.25, -0.2) is 4.39 Å². The van der Waals surface area contributed by atoms with E-state index in [0.29, 0.717) is 22.9 Å². The second kappa shape index (κ2) is 5.46. The predicted octanol–water partition coefficient (Wildman–Crippen LogP) is 4.33. The highest BCUT2D eigenvalue weighted by Crippen LogP contribution is 2.27. The summed E-state index contributed by atoms with van der Waals surface area (Å²) in [6.45, 7) is 0.463. The molecule has 5 heteroatoms. The number of nitrogen functional groups attached to an aromatic ring is 1. The molecule has 2 rings (SSSR count). The molecule has 2 nitrogen and oxygen atoms in total. The normalized spacial score (nSPS) is 10.4. The van der Waals surface area contributed by atoms with Crippen LogP contribution in [0.4, 0.5) is 15.8 Å². The molecule has 0 saturated heterocycles. The summed E-state index contributed by atoms with van der Waals surface area (Å²) < 4.78 is 13.3. The Labute approximate surface area is 115 Å². The van der Waals surface area contributed by atoms with Crippen molar-refractivity contribution in [1.29, 1.82) is 0 Å². The van der Waals surface area contributed by atoms with Crippen molar-refractivity contribution < 1.29 is 4.39 Å². The lowest BCUT2D eigenvalue weighted by Gasteiger charge is -2.11. The first kappa shape index (κ1) is 13.0. The molecule has 0 radical (unpaired) electrons. The molecule has 0 saturated carbocycles. The van der Waals surface area contributed by atoms with E-state index in [2.05, 4.69) is 5.32 Å². The van der Waals surface area contributed by atoms with E-state index in [1.54, 1.807) is 6.07 Å². The third-order valence-electron chi connectivity index (χ3n) is 2.52. The summed E-state index contributed by atoms with van der Waals surface area (Å²) in [4.78, 5) is 0. The maximum absolute atomic E-state index is 13.3. The van der Waals surface area contributed by atoms with Gasteiger partial charge in [0.15, 0.2) is 0 Å². The van der Waals surface area contributed by atoms with Gasteiger partial charge in [-0.05, 0) is 17.7 Å². The van der Waals surface area contributed by atoms with Gasteiger partial charge in [0.1, 0.15) is 5.82 Å². The molecule has 0 aromatic heterocycles. The number of rotatable bonds is 3. The lowest BCUT2D eigenvalue weighted by Crippen LogP contribution is -2.03. The van der Waals surface area contributed by atoms with E-state index in [-0.39, 0.29) is 5.02 Å². The summed E-state index contributed by atoms with van der Waals surface area (Å²) in [5, 5.41) is 3.69. The zero-order valence-electron chi connectivity index (χ0n) is 9.38. The third kappa shape index (κ3) is 2.86. The molecule has 0 heterocycles. The molecule has 0 spiro atoms. The molecule has 94 valence electrons. The lowest BCUT2D eigenvalue weighted by atomic mass is 10.2. The molecule has 2 aromatic rings. The van der Waals surface area contributed by atoms with Crippen LogP contribution in [0.3, 0.4) is 0 Å². The second-order valence-electron chi connectivity index (χ2n) is 3.80. The zero-order chi connectivity index (χ0) is 13.1. The standard InChI is InChI=1S/C13H11Cl2FN2/c14-9-4-2-1-3-8(9)7-18-13-6-11(16)10(15)5-12(13)17/h1-6,18H,7,17H2. The van der Waals surface area contributed by atoms with Crippen LogP contribution in [0.15, 0.2) is 36.4 Å². The van der Waals surface area contributed by atoms with Crippen molar-refractivity contribution in [2.45, 2.75) is 6.54 Å². The van der Waals surface area contributed by atoms with Gasteiger partial charge in [-0.1, -0.05) is 41.4 Å². The molecule has 0 unspecified atom stereocenters. The van der Waals surface area contributed by atoms with E-state index in [0.717, 1.165) is 5.56 Å². The van der Waals surface area contributed by atoms with Crippen molar-refractivity contribution in [2.24, 2.45) is 0 Å². The number of halogens is 3. The van der Waals surface area contributed by atoms with E-state index in [1.807, 2.05) is 18.2 Å². The fourth-order valence-electron chi connectivity index (χ4n) is 1.55. The predicted molar refractivity (Wildman–Crippen MR) is 74.6 cm³/mol. The lowest BCUT2D eigenvalue weighted by molar-refractivity contribution is 0.629. The maximum Gasteiger partial charge on any atom is 0.143 e. The van der Waals surface area contributed by atoms with Crippen LogP contribution in [0.5, 0.6) is 0 Å². The molecule has 0 aliphatic rings. The average molecular weight is 285 g/mol. The highest BCUT2D eigenvalue weighted by molar-refractivity contribution is 6.31. The largest absolute Gasteiger partial charge is 0.397 e. The van der Waals surface area contributed by atoms with Crippen LogP contribution in [0.1, 0.15) is 5.56 Å². The maximum atomic E-state index is 13.3. The topological polar surface area (TPSA) is 38.0 Å². The Balaban J connectivity index is 2.16. The van der Waals surface area contributed by atoms with Crippen LogP contribution < -0.4 is 11.1 Å². The molecule has 18 heavy (non-hydrogen) atoms. The minimum Gasteiger partial charge on any atom is -0.397 e. The molecule has 3 N–H and O–H groups in total. The van der Waals surface area contributed by atoms with Crippen molar-refractivity contribution >= 4 is 34.6 Å². The van der Waals surface area contributed by atoms with Crippen LogP contribution >= 0.6 is 23.2 Å².